The molecule has 0 bridgehead atoms. The van der Waals surface area contributed by atoms with Gasteiger partial charge in [-0.05, 0) is 25.1 Å². The second-order valence-electron chi connectivity index (χ2n) is 4.03. The van der Waals surface area contributed by atoms with Gasteiger partial charge >= 0.3 is 0 Å². The maximum Gasteiger partial charge on any atom is 0.260 e. The summed E-state index contributed by atoms with van der Waals surface area (Å²) in [5.41, 5.74) is 0.968. The summed E-state index contributed by atoms with van der Waals surface area (Å²) in [6, 6.07) is 3.36. The largest absolute Gasteiger partial charge is 0.316 e. The van der Waals surface area contributed by atoms with E-state index < -0.39 is 10.0 Å². The van der Waals surface area contributed by atoms with Crippen molar-refractivity contribution in [2.75, 3.05) is 20.1 Å². The van der Waals surface area contributed by atoms with Crippen molar-refractivity contribution in [1.29, 1.82) is 0 Å². The second-order valence-corrected chi connectivity index (χ2v) is 5.92. The molecule has 0 radical (unpaired) electrons. The van der Waals surface area contributed by atoms with Gasteiger partial charge in [-0.2, -0.15) is 4.31 Å². The highest BCUT2D eigenvalue weighted by Gasteiger charge is 2.23. The molecule has 1 aromatic heterocycles. The quantitative estimate of drug-likeness (QED) is 0.810. The molecule has 0 saturated heterocycles. The highest BCUT2D eigenvalue weighted by molar-refractivity contribution is 7.89. The average Bonchev–Trinajstić information content (AvgIpc) is 2.36. The Labute approximate surface area is 109 Å². The molecule has 0 atom stereocenters. The predicted octanol–water partition coefficient (Wildman–Crippen LogP) is 1.22. The maximum atomic E-state index is 12.3. The van der Waals surface area contributed by atoms with Gasteiger partial charge in [0.1, 0.15) is 0 Å². The van der Waals surface area contributed by atoms with Gasteiger partial charge in [-0.1, -0.05) is 19.9 Å². The van der Waals surface area contributed by atoms with Crippen LogP contribution in [0.3, 0.4) is 0 Å². The van der Waals surface area contributed by atoms with E-state index in [1.807, 2.05) is 20.9 Å². The third-order valence-corrected chi connectivity index (χ3v) is 4.50. The minimum atomic E-state index is -3.44. The molecule has 0 saturated carbocycles. The van der Waals surface area contributed by atoms with Crippen LogP contribution in [0.4, 0.5) is 0 Å². The highest BCUT2D eigenvalue weighted by Crippen LogP contribution is 2.13. The minimum Gasteiger partial charge on any atom is -0.316 e. The Morgan fingerprint density at radius 2 is 2.06 bits per heavy atom. The molecule has 1 N–H and O–H groups in total. The fourth-order valence-corrected chi connectivity index (χ4v) is 3.16. The number of rotatable bonds is 7. The van der Waals surface area contributed by atoms with Crippen LogP contribution < -0.4 is 5.32 Å². The van der Waals surface area contributed by atoms with Crippen molar-refractivity contribution >= 4 is 10.0 Å². The second kappa shape index (κ2) is 6.82. The van der Waals surface area contributed by atoms with Gasteiger partial charge in [0.05, 0.1) is 0 Å². The number of nitrogens with zero attached hydrogens (tertiary/aromatic N) is 2. The van der Waals surface area contributed by atoms with Crippen LogP contribution in [0.25, 0.3) is 0 Å². The molecule has 0 aliphatic heterocycles. The molecule has 6 heteroatoms. The molecule has 102 valence electrons. The lowest BCUT2D eigenvalue weighted by Gasteiger charge is -2.19. The predicted molar refractivity (Wildman–Crippen MR) is 71.7 cm³/mol. The first-order valence-electron chi connectivity index (χ1n) is 6.15. The van der Waals surface area contributed by atoms with Crippen LogP contribution in [0.1, 0.15) is 25.8 Å². The van der Waals surface area contributed by atoms with Crippen LogP contribution in [-0.4, -0.2) is 37.8 Å². The van der Waals surface area contributed by atoms with Gasteiger partial charge in [-0.15, -0.1) is 0 Å². The van der Waals surface area contributed by atoms with Gasteiger partial charge in [-0.3, -0.25) is 0 Å². The van der Waals surface area contributed by atoms with E-state index in [0.717, 1.165) is 12.0 Å². The summed E-state index contributed by atoms with van der Waals surface area (Å²) in [7, 11) is -1.61. The summed E-state index contributed by atoms with van der Waals surface area (Å²) in [5.74, 6) is 0. The maximum absolute atomic E-state index is 12.3. The van der Waals surface area contributed by atoms with Crippen molar-refractivity contribution in [3.8, 4) is 0 Å². The first-order valence-corrected chi connectivity index (χ1v) is 7.60. The average molecular weight is 271 g/mol. The van der Waals surface area contributed by atoms with Crippen LogP contribution in [-0.2, 0) is 16.6 Å². The first kappa shape index (κ1) is 15.1. The first-order chi connectivity index (χ1) is 8.56. The zero-order valence-corrected chi connectivity index (χ0v) is 12.0. The van der Waals surface area contributed by atoms with Gasteiger partial charge in [0, 0.05) is 25.8 Å². The Bertz CT molecular complexity index is 457. The monoisotopic (exact) mass is 271 g/mol. The lowest BCUT2D eigenvalue weighted by atomic mass is 10.3. The summed E-state index contributed by atoms with van der Waals surface area (Å²) in [5, 5.41) is 3.12. The SMILES string of the molecule is CCCN(CC)S(=O)(=O)c1ccc(CNC)cn1. The molecule has 18 heavy (non-hydrogen) atoms. The molecule has 1 aromatic rings. The van der Waals surface area contributed by atoms with Crippen LogP contribution in [0.5, 0.6) is 0 Å². The molecule has 1 heterocycles. The smallest absolute Gasteiger partial charge is 0.260 e. The third kappa shape index (κ3) is 3.51. The summed E-state index contributed by atoms with van der Waals surface area (Å²) >= 11 is 0. The van der Waals surface area contributed by atoms with Gasteiger partial charge in [-0.25, -0.2) is 13.4 Å². The Hall–Kier alpha value is -0.980. The molecule has 0 aliphatic carbocycles. The summed E-state index contributed by atoms with van der Waals surface area (Å²) in [6.45, 7) is 5.47. The lowest BCUT2D eigenvalue weighted by Crippen LogP contribution is -2.32. The number of hydrogen-bond donors (Lipinski definition) is 1. The van der Waals surface area contributed by atoms with Crippen molar-refractivity contribution in [1.82, 2.24) is 14.6 Å². The summed E-state index contributed by atoms with van der Waals surface area (Å²) < 4.78 is 26.0. The summed E-state index contributed by atoms with van der Waals surface area (Å²) in [6.07, 6.45) is 2.40. The van der Waals surface area contributed by atoms with Crippen molar-refractivity contribution in [2.24, 2.45) is 0 Å². The van der Waals surface area contributed by atoms with E-state index in [9.17, 15) is 8.42 Å². The number of pyridine rings is 1. The summed E-state index contributed by atoms with van der Waals surface area (Å²) in [4.78, 5) is 4.05. The van der Waals surface area contributed by atoms with Crippen molar-refractivity contribution in [2.45, 2.75) is 31.8 Å². The number of sulfonamides is 1. The Morgan fingerprint density at radius 3 is 2.50 bits per heavy atom. The van der Waals surface area contributed by atoms with E-state index in [1.165, 1.54) is 4.31 Å². The number of aromatic nitrogens is 1. The van der Waals surface area contributed by atoms with E-state index in [1.54, 1.807) is 18.3 Å². The molecular formula is C12H21N3O2S. The van der Waals surface area contributed by atoms with E-state index in [2.05, 4.69) is 10.3 Å². The van der Waals surface area contributed by atoms with Crippen molar-refractivity contribution in [3.05, 3.63) is 23.9 Å². The van der Waals surface area contributed by atoms with Gasteiger partial charge in [0.15, 0.2) is 5.03 Å². The standard InChI is InChI=1S/C12H21N3O2S/c1-4-8-15(5-2)18(16,17)12-7-6-11(9-13-3)10-14-12/h6-7,10,13H,4-5,8-9H2,1-3H3. The van der Waals surface area contributed by atoms with E-state index in [-0.39, 0.29) is 5.03 Å². The molecule has 0 unspecified atom stereocenters. The van der Waals surface area contributed by atoms with Gasteiger partial charge < -0.3 is 5.32 Å². The van der Waals surface area contributed by atoms with Crippen LogP contribution in [0.2, 0.25) is 0 Å². The Balaban J connectivity index is 2.97. The minimum absolute atomic E-state index is 0.123. The molecule has 5 nitrogen and oxygen atoms in total. The van der Waals surface area contributed by atoms with Crippen LogP contribution >= 0.6 is 0 Å². The Kier molecular flexibility index (Phi) is 5.71. The lowest BCUT2D eigenvalue weighted by molar-refractivity contribution is 0.425. The third-order valence-electron chi connectivity index (χ3n) is 2.61. The molecule has 0 aliphatic rings. The molecule has 1 rings (SSSR count). The fourth-order valence-electron chi connectivity index (χ4n) is 1.70. The number of nitrogens with one attached hydrogen (secondary N) is 1. The van der Waals surface area contributed by atoms with E-state index in [4.69, 9.17) is 0 Å². The highest BCUT2D eigenvalue weighted by atomic mass is 32.2. The van der Waals surface area contributed by atoms with Gasteiger partial charge in [0.2, 0.25) is 0 Å². The van der Waals surface area contributed by atoms with Gasteiger partial charge in [0.25, 0.3) is 10.0 Å². The molecule has 0 spiro atoms. The normalized spacial score (nSPS) is 12.0. The fraction of sp³-hybridized carbons (Fsp3) is 0.583. The molecule has 0 aromatic carbocycles. The topological polar surface area (TPSA) is 62.3 Å². The Morgan fingerprint density at radius 1 is 1.33 bits per heavy atom. The van der Waals surface area contributed by atoms with Crippen molar-refractivity contribution in [3.63, 3.8) is 0 Å². The molecule has 0 amide bonds. The molecular weight excluding hydrogens is 250 g/mol. The number of hydrogen-bond acceptors (Lipinski definition) is 4. The zero-order chi connectivity index (χ0) is 13.6. The van der Waals surface area contributed by atoms with E-state index >= 15 is 0 Å². The molecule has 0 fully saturated rings. The van der Waals surface area contributed by atoms with Crippen LogP contribution in [0, 0.1) is 0 Å². The van der Waals surface area contributed by atoms with Crippen LogP contribution in [0.15, 0.2) is 23.4 Å². The van der Waals surface area contributed by atoms with E-state index in [0.29, 0.717) is 19.6 Å². The van der Waals surface area contributed by atoms with Crippen molar-refractivity contribution < 1.29 is 8.42 Å². The zero-order valence-electron chi connectivity index (χ0n) is 11.2.